The van der Waals surface area contributed by atoms with E-state index >= 15 is 0 Å². The van der Waals surface area contributed by atoms with E-state index in [0.29, 0.717) is 0 Å². The first-order valence-corrected chi connectivity index (χ1v) is 5.83. The number of aromatic nitrogens is 2. The van der Waals surface area contributed by atoms with Gasteiger partial charge in [-0.1, -0.05) is 0 Å². The minimum atomic E-state index is -0.940. The molecule has 2 unspecified atom stereocenters. The minimum absolute atomic E-state index is 0.0475. The number of ether oxygens (including phenoxy) is 1. The summed E-state index contributed by atoms with van der Waals surface area (Å²) in [6, 6.07) is -0.0201. The lowest BCUT2D eigenvalue weighted by Gasteiger charge is -2.21. The Morgan fingerprint density at radius 1 is 1.40 bits per heavy atom. The van der Waals surface area contributed by atoms with Crippen LogP contribution in [0, 0.1) is 0 Å². The van der Waals surface area contributed by atoms with Crippen LogP contribution in [0.5, 0.6) is 0 Å². The highest BCUT2D eigenvalue weighted by Crippen LogP contribution is 2.20. The van der Waals surface area contributed by atoms with Gasteiger partial charge in [0.05, 0.1) is 13.2 Å². The monoisotopic (exact) mass is 283 g/mol. The number of nitrogens with zero attached hydrogens (tertiary/aromatic N) is 1. The highest BCUT2D eigenvalue weighted by Gasteiger charge is 2.40. The van der Waals surface area contributed by atoms with Gasteiger partial charge >= 0.3 is 11.7 Å². The van der Waals surface area contributed by atoms with Gasteiger partial charge in [-0.15, -0.1) is 0 Å². The van der Waals surface area contributed by atoms with Crippen molar-refractivity contribution < 1.29 is 19.4 Å². The molecule has 1 saturated heterocycles. The van der Waals surface area contributed by atoms with Gasteiger partial charge in [-0.05, 0) is 0 Å². The van der Waals surface area contributed by atoms with Crippen LogP contribution in [-0.4, -0.2) is 57.7 Å². The van der Waals surface area contributed by atoms with Crippen molar-refractivity contribution in [1.29, 1.82) is 0 Å². The zero-order valence-corrected chi connectivity index (χ0v) is 10.6. The molecule has 1 aromatic rings. The Morgan fingerprint density at radius 2 is 2.10 bits per heavy atom. The smallest absolute Gasteiger partial charge is 0.328 e. The van der Waals surface area contributed by atoms with Crippen LogP contribution in [0.4, 0.5) is 0 Å². The largest absolute Gasteiger partial charge is 0.467 e. The second kappa shape index (κ2) is 5.29. The average molecular weight is 283 g/mol. The molecule has 2 heterocycles. The number of rotatable bonds is 2. The van der Waals surface area contributed by atoms with Crippen molar-refractivity contribution in [3.63, 3.8) is 0 Å². The van der Waals surface area contributed by atoms with Crippen molar-refractivity contribution in [2.75, 3.05) is 13.7 Å². The predicted octanol–water partition coefficient (Wildman–Crippen LogP) is -2.19. The number of esters is 1. The number of likely N-dealkylation sites (tertiary alicyclic amines) is 1. The van der Waals surface area contributed by atoms with E-state index < -0.39 is 35.3 Å². The normalized spacial score (nSPS) is 21.8. The van der Waals surface area contributed by atoms with Crippen molar-refractivity contribution in [3.8, 4) is 0 Å². The molecule has 1 amide bonds. The average Bonchev–Trinajstić information content (AvgIpc) is 2.78. The number of nitrogens with one attached hydrogen (secondary N) is 2. The lowest BCUT2D eigenvalue weighted by molar-refractivity contribution is -0.145. The number of hydrogen-bond donors (Lipinski definition) is 3. The van der Waals surface area contributed by atoms with Gasteiger partial charge in [-0.2, -0.15) is 0 Å². The van der Waals surface area contributed by atoms with Crippen molar-refractivity contribution in [1.82, 2.24) is 14.9 Å². The molecule has 1 aliphatic rings. The molecule has 0 aliphatic carbocycles. The van der Waals surface area contributed by atoms with E-state index in [1.807, 2.05) is 4.98 Å². The Bertz CT molecular complexity index is 620. The van der Waals surface area contributed by atoms with Crippen LogP contribution in [0.1, 0.15) is 16.9 Å². The fourth-order valence-electron chi connectivity index (χ4n) is 2.14. The van der Waals surface area contributed by atoms with E-state index in [4.69, 9.17) is 0 Å². The Kier molecular flexibility index (Phi) is 3.70. The number of aromatic amines is 2. The Labute approximate surface area is 112 Å². The van der Waals surface area contributed by atoms with Crippen LogP contribution in [-0.2, 0) is 9.53 Å². The first-order chi connectivity index (χ1) is 9.42. The molecule has 0 aromatic carbocycles. The van der Waals surface area contributed by atoms with E-state index in [1.54, 1.807) is 0 Å². The lowest BCUT2D eigenvalue weighted by atomic mass is 10.2. The first kappa shape index (κ1) is 14.0. The van der Waals surface area contributed by atoms with E-state index in [1.165, 1.54) is 7.11 Å². The predicted molar refractivity (Wildman–Crippen MR) is 65.1 cm³/mol. The van der Waals surface area contributed by atoms with E-state index in [0.717, 1.165) is 11.0 Å². The molecule has 20 heavy (non-hydrogen) atoms. The summed E-state index contributed by atoms with van der Waals surface area (Å²) in [6.07, 6.45) is -0.817. The van der Waals surface area contributed by atoms with Gasteiger partial charge in [0.1, 0.15) is 11.7 Å². The summed E-state index contributed by atoms with van der Waals surface area (Å²) < 4.78 is 4.56. The molecule has 108 valence electrons. The molecule has 2 atom stereocenters. The fourth-order valence-corrected chi connectivity index (χ4v) is 2.14. The highest BCUT2D eigenvalue weighted by molar-refractivity contribution is 5.95. The number of aliphatic hydroxyl groups is 1. The van der Waals surface area contributed by atoms with Crippen LogP contribution >= 0.6 is 0 Å². The highest BCUT2D eigenvalue weighted by atomic mass is 16.5. The second-order valence-corrected chi connectivity index (χ2v) is 4.39. The van der Waals surface area contributed by atoms with Gasteiger partial charge in [0.15, 0.2) is 0 Å². The zero-order valence-electron chi connectivity index (χ0n) is 10.6. The third kappa shape index (κ3) is 2.62. The summed E-state index contributed by atoms with van der Waals surface area (Å²) in [7, 11) is 1.17. The summed E-state index contributed by atoms with van der Waals surface area (Å²) >= 11 is 0. The molecule has 2 rings (SSSR count). The Balaban J connectivity index is 2.33. The number of H-pyrrole nitrogens is 2. The maximum Gasteiger partial charge on any atom is 0.328 e. The molecule has 9 heteroatoms. The topological polar surface area (TPSA) is 133 Å². The number of carbonyl (C=O) groups is 2. The van der Waals surface area contributed by atoms with E-state index in [9.17, 15) is 24.3 Å². The van der Waals surface area contributed by atoms with Gasteiger partial charge in [-0.3, -0.25) is 14.6 Å². The molecular formula is C11H13N3O6. The van der Waals surface area contributed by atoms with Gasteiger partial charge in [0.2, 0.25) is 0 Å². The van der Waals surface area contributed by atoms with Gasteiger partial charge in [0, 0.05) is 19.0 Å². The van der Waals surface area contributed by atoms with Crippen LogP contribution in [0.2, 0.25) is 0 Å². The van der Waals surface area contributed by atoms with Crippen molar-refractivity contribution in [2.45, 2.75) is 18.6 Å². The number of hydrogen-bond acceptors (Lipinski definition) is 6. The summed E-state index contributed by atoms with van der Waals surface area (Å²) in [5.41, 5.74) is -1.80. The quantitative estimate of drug-likeness (QED) is 0.528. The Hall–Kier alpha value is -2.42. The molecule has 3 N–H and O–H groups in total. The number of methoxy groups -OCH3 is 1. The number of amides is 1. The van der Waals surface area contributed by atoms with Crippen molar-refractivity contribution in [2.24, 2.45) is 0 Å². The van der Waals surface area contributed by atoms with Crippen LogP contribution < -0.4 is 11.2 Å². The van der Waals surface area contributed by atoms with Crippen LogP contribution in [0.15, 0.2) is 15.7 Å². The number of carbonyl (C=O) groups excluding carboxylic acids is 2. The third-order valence-corrected chi connectivity index (χ3v) is 3.00. The molecule has 1 fully saturated rings. The molecule has 1 aliphatic heterocycles. The number of β-amino-alcohol motifs (C(OH)–C–C–N with tert-alkyl or cyclic N) is 1. The van der Waals surface area contributed by atoms with Crippen molar-refractivity contribution in [3.05, 3.63) is 32.6 Å². The lowest BCUT2D eigenvalue weighted by Crippen LogP contribution is -2.42. The molecule has 0 saturated carbocycles. The minimum Gasteiger partial charge on any atom is -0.467 e. The maximum atomic E-state index is 12.2. The molecule has 9 nitrogen and oxygen atoms in total. The first-order valence-electron chi connectivity index (χ1n) is 5.83. The van der Waals surface area contributed by atoms with Gasteiger partial charge < -0.3 is 19.7 Å². The Morgan fingerprint density at radius 3 is 2.70 bits per heavy atom. The summed E-state index contributed by atoms with van der Waals surface area (Å²) in [6.45, 7) is -0.0760. The maximum absolute atomic E-state index is 12.2. The van der Waals surface area contributed by atoms with E-state index in [-0.39, 0.29) is 18.7 Å². The summed E-state index contributed by atoms with van der Waals surface area (Å²) in [4.78, 5) is 51.3. The molecule has 0 spiro atoms. The van der Waals surface area contributed by atoms with Crippen molar-refractivity contribution >= 4 is 11.9 Å². The SMILES string of the molecule is COC(=O)C1CC(O)CN1C(=O)c1cc(=O)[nH]c(=O)[nH]1. The summed E-state index contributed by atoms with van der Waals surface area (Å²) in [5, 5.41) is 9.58. The molecule has 0 radical (unpaired) electrons. The van der Waals surface area contributed by atoms with Crippen LogP contribution in [0.3, 0.4) is 0 Å². The number of aliphatic hydroxyl groups excluding tert-OH is 1. The summed E-state index contributed by atoms with van der Waals surface area (Å²) in [5.74, 6) is -1.39. The van der Waals surface area contributed by atoms with E-state index in [2.05, 4.69) is 9.72 Å². The fraction of sp³-hybridized carbons (Fsp3) is 0.455. The van der Waals surface area contributed by atoms with Gasteiger partial charge in [-0.25, -0.2) is 9.59 Å². The second-order valence-electron chi connectivity index (χ2n) is 4.39. The standard InChI is InChI=1S/C11H13N3O6/c1-20-10(18)7-2-5(15)4-14(7)9(17)6-3-8(16)13-11(19)12-6/h3,5,7,15H,2,4H2,1H3,(H2,12,13,16,19). The van der Waals surface area contributed by atoms with Crippen LogP contribution in [0.25, 0.3) is 0 Å². The third-order valence-electron chi connectivity index (χ3n) is 3.00. The zero-order chi connectivity index (χ0) is 14.9. The van der Waals surface area contributed by atoms with Gasteiger partial charge in [0.25, 0.3) is 11.5 Å². The molecular weight excluding hydrogens is 270 g/mol. The molecule has 1 aromatic heterocycles. The molecule has 0 bridgehead atoms.